The van der Waals surface area contributed by atoms with Crippen LogP contribution >= 0.6 is 0 Å². The van der Waals surface area contributed by atoms with Crippen LogP contribution in [0.5, 0.6) is 5.88 Å². The number of ether oxygens (including phenoxy) is 1. The van der Waals surface area contributed by atoms with Gasteiger partial charge in [0.05, 0.1) is 18.5 Å². The molecule has 0 bridgehead atoms. The molecule has 2 aromatic rings. The molecule has 104 valence electrons. The monoisotopic (exact) mass is 271 g/mol. The molecule has 1 amide bonds. The lowest BCUT2D eigenvalue weighted by Crippen LogP contribution is -2.27. The van der Waals surface area contributed by atoms with Crippen LogP contribution in [0.3, 0.4) is 0 Å². The minimum atomic E-state index is -0.706. The summed E-state index contributed by atoms with van der Waals surface area (Å²) in [6.07, 6.45) is 1.54. The number of aromatic nitrogens is 1. The second-order valence-corrected chi connectivity index (χ2v) is 4.20. The first-order valence-electron chi connectivity index (χ1n) is 6.41. The number of anilines is 1. The third-order valence-electron chi connectivity index (χ3n) is 2.74. The summed E-state index contributed by atoms with van der Waals surface area (Å²) in [5.74, 6) is 0.250. The number of nitrogens with two attached hydrogens (primary N) is 1. The third-order valence-corrected chi connectivity index (χ3v) is 2.74. The van der Waals surface area contributed by atoms with E-state index in [0.717, 1.165) is 5.56 Å². The number of rotatable bonds is 5. The summed E-state index contributed by atoms with van der Waals surface area (Å²) < 4.78 is 5.23. The van der Waals surface area contributed by atoms with Crippen LogP contribution in [-0.2, 0) is 4.79 Å². The zero-order valence-corrected chi connectivity index (χ0v) is 11.2. The van der Waals surface area contributed by atoms with Crippen LogP contribution in [0.2, 0.25) is 0 Å². The topological polar surface area (TPSA) is 77.2 Å². The molecule has 1 heterocycles. The van der Waals surface area contributed by atoms with Gasteiger partial charge in [0.1, 0.15) is 6.04 Å². The van der Waals surface area contributed by atoms with Crippen molar-refractivity contribution in [3.8, 4) is 5.88 Å². The minimum absolute atomic E-state index is 0.276. The zero-order valence-electron chi connectivity index (χ0n) is 11.2. The standard InChI is InChI=1S/C15H17N3O2/c1-2-20-13-9-8-12(10-17-13)18-15(19)14(16)11-6-4-3-5-7-11/h3-10,14H,2,16H2,1H3,(H,18,19)/t14-/m0/s1. The van der Waals surface area contributed by atoms with Crippen LogP contribution in [0.25, 0.3) is 0 Å². The van der Waals surface area contributed by atoms with Crippen molar-refractivity contribution in [3.63, 3.8) is 0 Å². The van der Waals surface area contributed by atoms with E-state index in [9.17, 15) is 4.79 Å². The zero-order chi connectivity index (χ0) is 14.4. The maximum absolute atomic E-state index is 12.0. The highest BCUT2D eigenvalue weighted by Crippen LogP contribution is 2.15. The van der Waals surface area contributed by atoms with Gasteiger partial charge in [0, 0.05) is 6.07 Å². The molecule has 2 rings (SSSR count). The Morgan fingerprint density at radius 2 is 2.05 bits per heavy atom. The smallest absolute Gasteiger partial charge is 0.245 e. The lowest BCUT2D eigenvalue weighted by Gasteiger charge is -2.12. The van der Waals surface area contributed by atoms with Crippen molar-refractivity contribution in [3.05, 3.63) is 54.2 Å². The van der Waals surface area contributed by atoms with Gasteiger partial charge in [-0.1, -0.05) is 30.3 Å². The molecule has 0 fully saturated rings. The molecule has 0 unspecified atom stereocenters. The van der Waals surface area contributed by atoms with Crippen molar-refractivity contribution in [2.75, 3.05) is 11.9 Å². The van der Waals surface area contributed by atoms with Crippen LogP contribution in [0.15, 0.2) is 48.7 Å². The summed E-state index contributed by atoms with van der Waals surface area (Å²) in [5, 5.41) is 2.73. The van der Waals surface area contributed by atoms with E-state index >= 15 is 0 Å². The van der Waals surface area contributed by atoms with E-state index in [1.807, 2.05) is 37.3 Å². The summed E-state index contributed by atoms with van der Waals surface area (Å²) in [6.45, 7) is 2.44. The van der Waals surface area contributed by atoms with E-state index in [-0.39, 0.29) is 5.91 Å². The van der Waals surface area contributed by atoms with Gasteiger partial charge in [-0.05, 0) is 18.6 Å². The fourth-order valence-electron chi connectivity index (χ4n) is 1.72. The lowest BCUT2D eigenvalue weighted by molar-refractivity contribution is -0.117. The van der Waals surface area contributed by atoms with Gasteiger partial charge in [0.2, 0.25) is 11.8 Å². The van der Waals surface area contributed by atoms with E-state index in [1.165, 1.54) is 0 Å². The van der Waals surface area contributed by atoms with Crippen molar-refractivity contribution in [2.24, 2.45) is 5.73 Å². The maximum atomic E-state index is 12.0. The van der Waals surface area contributed by atoms with E-state index < -0.39 is 6.04 Å². The molecule has 1 aromatic heterocycles. The van der Waals surface area contributed by atoms with Gasteiger partial charge >= 0.3 is 0 Å². The van der Waals surface area contributed by atoms with Gasteiger partial charge in [-0.3, -0.25) is 4.79 Å². The van der Waals surface area contributed by atoms with Crippen LogP contribution in [-0.4, -0.2) is 17.5 Å². The van der Waals surface area contributed by atoms with Crippen LogP contribution in [0.4, 0.5) is 5.69 Å². The Morgan fingerprint density at radius 3 is 2.65 bits per heavy atom. The molecule has 0 saturated carbocycles. The number of amides is 1. The summed E-state index contributed by atoms with van der Waals surface area (Å²) in [6, 6.07) is 11.9. The fraction of sp³-hybridized carbons (Fsp3) is 0.200. The molecule has 0 radical (unpaired) electrons. The van der Waals surface area contributed by atoms with E-state index in [1.54, 1.807) is 18.3 Å². The van der Waals surface area contributed by atoms with Crippen molar-refractivity contribution in [1.82, 2.24) is 4.98 Å². The molecule has 0 aliphatic rings. The molecule has 5 nitrogen and oxygen atoms in total. The Morgan fingerprint density at radius 1 is 1.30 bits per heavy atom. The van der Waals surface area contributed by atoms with Gasteiger partial charge in [-0.2, -0.15) is 0 Å². The quantitative estimate of drug-likeness (QED) is 0.873. The molecule has 5 heteroatoms. The first-order chi connectivity index (χ1) is 9.70. The van der Waals surface area contributed by atoms with Gasteiger partial charge in [-0.25, -0.2) is 4.98 Å². The minimum Gasteiger partial charge on any atom is -0.478 e. The average molecular weight is 271 g/mol. The van der Waals surface area contributed by atoms with Gasteiger partial charge in [0.25, 0.3) is 0 Å². The van der Waals surface area contributed by atoms with Crippen molar-refractivity contribution >= 4 is 11.6 Å². The first-order valence-corrected chi connectivity index (χ1v) is 6.41. The molecule has 0 saturated heterocycles. The molecule has 1 aromatic carbocycles. The molecular weight excluding hydrogens is 254 g/mol. The summed E-state index contributed by atoms with van der Waals surface area (Å²) in [4.78, 5) is 16.1. The van der Waals surface area contributed by atoms with E-state index in [0.29, 0.717) is 18.2 Å². The second kappa shape index (κ2) is 6.68. The normalized spacial score (nSPS) is 11.7. The highest BCUT2D eigenvalue weighted by atomic mass is 16.5. The highest BCUT2D eigenvalue weighted by molar-refractivity contribution is 5.95. The molecule has 0 spiro atoms. The molecule has 0 aliphatic carbocycles. The first kappa shape index (κ1) is 14.0. The predicted octanol–water partition coefficient (Wildman–Crippen LogP) is 2.12. The predicted molar refractivity (Wildman–Crippen MR) is 77.4 cm³/mol. The number of carbonyl (C=O) groups excluding carboxylic acids is 1. The lowest BCUT2D eigenvalue weighted by atomic mass is 10.1. The van der Waals surface area contributed by atoms with Crippen molar-refractivity contribution in [1.29, 1.82) is 0 Å². The Hall–Kier alpha value is -2.40. The van der Waals surface area contributed by atoms with Gasteiger partial charge < -0.3 is 15.8 Å². The Kier molecular flexibility index (Phi) is 4.68. The Bertz CT molecular complexity index is 555. The van der Waals surface area contributed by atoms with Crippen molar-refractivity contribution < 1.29 is 9.53 Å². The molecular formula is C15H17N3O2. The molecule has 1 atom stereocenters. The maximum Gasteiger partial charge on any atom is 0.245 e. The van der Waals surface area contributed by atoms with Crippen molar-refractivity contribution in [2.45, 2.75) is 13.0 Å². The SMILES string of the molecule is CCOc1ccc(NC(=O)[C@@H](N)c2ccccc2)cn1. The molecule has 20 heavy (non-hydrogen) atoms. The van der Waals surface area contributed by atoms with E-state index in [4.69, 9.17) is 10.5 Å². The number of pyridine rings is 1. The Balaban J connectivity index is 2.00. The van der Waals surface area contributed by atoms with Gasteiger partial charge in [0.15, 0.2) is 0 Å². The van der Waals surface area contributed by atoms with E-state index in [2.05, 4.69) is 10.3 Å². The van der Waals surface area contributed by atoms with Crippen LogP contribution in [0.1, 0.15) is 18.5 Å². The fourth-order valence-corrected chi connectivity index (χ4v) is 1.72. The molecule has 0 aliphatic heterocycles. The summed E-state index contributed by atoms with van der Waals surface area (Å²) >= 11 is 0. The number of hydrogen-bond donors (Lipinski definition) is 2. The largest absolute Gasteiger partial charge is 0.478 e. The summed E-state index contributed by atoms with van der Waals surface area (Å²) in [5.41, 5.74) is 7.26. The number of nitrogens with one attached hydrogen (secondary N) is 1. The number of hydrogen-bond acceptors (Lipinski definition) is 4. The second-order valence-electron chi connectivity index (χ2n) is 4.20. The number of carbonyl (C=O) groups is 1. The molecule has 3 N–H and O–H groups in total. The number of benzene rings is 1. The highest BCUT2D eigenvalue weighted by Gasteiger charge is 2.15. The number of nitrogens with zero attached hydrogens (tertiary/aromatic N) is 1. The average Bonchev–Trinajstić information content (AvgIpc) is 2.49. The Labute approximate surface area is 117 Å². The van der Waals surface area contributed by atoms with Crippen LogP contribution in [0, 0.1) is 0 Å². The van der Waals surface area contributed by atoms with Crippen LogP contribution < -0.4 is 15.8 Å². The van der Waals surface area contributed by atoms with Gasteiger partial charge in [-0.15, -0.1) is 0 Å². The third kappa shape index (κ3) is 3.55. The summed E-state index contributed by atoms with van der Waals surface area (Å²) in [7, 11) is 0.